The van der Waals surface area contributed by atoms with E-state index in [-0.39, 0.29) is 0 Å². The van der Waals surface area contributed by atoms with Crippen molar-refractivity contribution in [1.29, 1.82) is 0 Å². The van der Waals surface area contributed by atoms with E-state index in [2.05, 4.69) is 49.5 Å². The number of anilines is 1. The number of nitrogens with zero attached hydrogens (tertiary/aromatic N) is 4. The van der Waals surface area contributed by atoms with E-state index in [1.807, 2.05) is 20.0 Å². The number of rotatable bonds is 6. The molecular formula is C21H36N6O. The molecule has 1 aromatic rings. The molecule has 1 aromatic heterocycles. The van der Waals surface area contributed by atoms with Crippen LogP contribution >= 0.6 is 0 Å². The van der Waals surface area contributed by atoms with Gasteiger partial charge in [0.05, 0.1) is 13.2 Å². The van der Waals surface area contributed by atoms with Gasteiger partial charge in [-0.25, -0.2) is 4.98 Å². The predicted octanol–water partition coefficient (Wildman–Crippen LogP) is 1.49. The number of guanidine groups is 1. The van der Waals surface area contributed by atoms with Crippen molar-refractivity contribution < 1.29 is 4.74 Å². The van der Waals surface area contributed by atoms with Crippen molar-refractivity contribution in [1.82, 2.24) is 20.5 Å². The number of hydrogen-bond acceptors (Lipinski definition) is 5. The van der Waals surface area contributed by atoms with E-state index in [1.165, 1.54) is 0 Å². The molecule has 0 amide bonds. The lowest BCUT2D eigenvalue weighted by Crippen LogP contribution is -2.50. The summed E-state index contributed by atoms with van der Waals surface area (Å²) in [5.74, 6) is 2.59. The number of nitrogens with one attached hydrogen (secondary N) is 2. The van der Waals surface area contributed by atoms with Crippen LogP contribution in [-0.2, 0) is 4.74 Å². The van der Waals surface area contributed by atoms with Crippen LogP contribution in [0.2, 0.25) is 0 Å². The molecule has 0 aromatic carbocycles. The quantitative estimate of drug-likeness (QED) is 0.569. The number of aryl methyl sites for hydroxylation is 1. The van der Waals surface area contributed by atoms with Gasteiger partial charge in [0.15, 0.2) is 5.96 Å². The number of pyridine rings is 1. The van der Waals surface area contributed by atoms with Gasteiger partial charge in [0, 0.05) is 58.1 Å². The van der Waals surface area contributed by atoms with Gasteiger partial charge in [-0.05, 0) is 37.8 Å². The van der Waals surface area contributed by atoms with E-state index in [9.17, 15) is 0 Å². The van der Waals surface area contributed by atoms with Crippen molar-refractivity contribution in [3.63, 3.8) is 0 Å². The van der Waals surface area contributed by atoms with Crippen molar-refractivity contribution in [2.75, 3.05) is 64.4 Å². The molecule has 1 unspecified atom stereocenters. The summed E-state index contributed by atoms with van der Waals surface area (Å²) < 4.78 is 5.43. The highest BCUT2D eigenvalue weighted by Gasteiger charge is 2.21. The zero-order chi connectivity index (χ0) is 19.8. The highest BCUT2D eigenvalue weighted by molar-refractivity contribution is 5.80. The van der Waals surface area contributed by atoms with E-state index in [0.29, 0.717) is 12.0 Å². The molecule has 0 bridgehead atoms. The van der Waals surface area contributed by atoms with E-state index >= 15 is 0 Å². The molecule has 0 spiro atoms. The lowest BCUT2D eigenvalue weighted by atomic mass is 10.1. The molecule has 0 radical (unpaired) electrons. The monoisotopic (exact) mass is 388 g/mol. The third kappa shape index (κ3) is 6.34. The lowest BCUT2D eigenvalue weighted by Gasteiger charge is -2.34. The Bertz CT molecular complexity index is 623. The minimum Gasteiger partial charge on any atom is -0.379 e. The smallest absolute Gasteiger partial charge is 0.191 e. The van der Waals surface area contributed by atoms with Crippen LogP contribution in [-0.4, -0.2) is 81.4 Å². The lowest BCUT2D eigenvalue weighted by molar-refractivity contribution is 0.0320. The Balaban J connectivity index is 1.38. The molecule has 0 saturated carbocycles. The van der Waals surface area contributed by atoms with Gasteiger partial charge >= 0.3 is 0 Å². The number of hydrogen-bond donors (Lipinski definition) is 2. The highest BCUT2D eigenvalue weighted by Crippen LogP contribution is 2.18. The number of piperidine rings is 1. The summed E-state index contributed by atoms with van der Waals surface area (Å²) in [6.45, 7) is 12.3. The van der Waals surface area contributed by atoms with Gasteiger partial charge in [-0.1, -0.05) is 13.0 Å². The molecule has 2 fully saturated rings. The van der Waals surface area contributed by atoms with Crippen LogP contribution in [0.4, 0.5) is 5.82 Å². The fourth-order valence-corrected chi connectivity index (χ4v) is 3.91. The third-order valence-corrected chi connectivity index (χ3v) is 5.55. The molecule has 2 saturated heterocycles. The molecular weight excluding hydrogens is 352 g/mol. The maximum Gasteiger partial charge on any atom is 0.191 e. The Kier molecular flexibility index (Phi) is 7.91. The molecule has 0 aliphatic carbocycles. The van der Waals surface area contributed by atoms with Crippen LogP contribution < -0.4 is 15.5 Å². The molecule has 28 heavy (non-hydrogen) atoms. The zero-order valence-electron chi connectivity index (χ0n) is 17.7. The minimum absolute atomic E-state index is 0.460. The van der Waals surface area contributed by atoms with Gasteiger partial charge in [-0.3, -0.25) is 9.89 Å². The minimum atomic E-state index is 0.460. The maximum absolute atomic E-state index is 5.43. The third-order valence-electron chi connectivity index (χ3n) is 5.55. The molecule has 2 aliphatic rings. The maximum atomic E-state index is 5.43. The van der Waals surface area contributed by atoms with Gasteiger partial charge in [0.2, 0.25) is 0 Å². The zero-order valence-corrected chi connectivity index (χ0v) is 17.7. The van der Waals surface area contributed by atoms with Crippen molar-refractivity contribution in [3.8, 4) is 0 Å². The summed E-state index contributed by atoms with van der Waals surface area (Å²) in [7, 11) is 1.85. The first-order chi connectivity index (χ1) is 13.6. The van der Waals surface area contributed by atoms with Gasteiger partial charge in [0.25, 0.3) is 0 Å². The second-order valence-electron chi connectivity index (χ2n) is 8.01. The first-order valence-corrected chi connectivity index (χ1v) is 10.6. The summed E-state index contributed by atoms with van der Waals surface area (Å²) >= 11 is 0. The van der Waals surface area contributed by atoms with Crippen LogP contribution in [0.25, 0.3) is 0 Å². The first-order valence-electron chi connectivity index (χ1n) is 10.6. The van der Waals surface area contributed by atoms with Crippen LogP contribution in [0.5, 0.6) is 0 Å². The van der Waals surface area contributed by atoms with Gasteiger partial charge in [-0.15, -0.1) is 0 Å². The number of morpholine rings is 1. The van der Waals surface area contributed by atoms with Gasteiger partial charge in [0.1, 0.15) is 5.82 Å². The Morgan fingerprint density at radius 2 is 2.00 bits per heavy atom. The fraction of sp³-hybridized carbons (Fsp3) is 0.714. The molecule has 7 nitrogen and oxygen atoms in total. The van der Waals surface area contributed by atoms with Crippen LogP contribution in [0.1, 0.15) is 25.5 Å². The Labute approximate surface area is 169 Å². The second kappa shape index (κ2) is 10.6. The van der Waals surface area contributed by atoms with E-state index < -0.39 is 0 Å². The summed E-state index contributed by atoms with van der Waals surface area (Å²) in [6.07, 6.45) is 2.19. The molecule has 7 heteroatoms. The summed E-state index contributed by atoms with van der Waals surface area (Å²) in [4.78, 5) is 13.9. The largest absolute Gasteiger partial charge is 0.379 e. The van der Waals surface area contributed by atoms with Crippen LogP contribution in [0, 0.1) is 12.8 Å². The normalized spacial score (nSPS) is 20.8. The highest BCUT2D eigenvalue weighted by atomic mass is 16.5. The van der Waals surface area contributed by atoms with E-state index in [4.69, 9.17) is 4.74 Å². The van der Waals surface area contributed by atoms with Crippen molar-refractivity contribution in [2.45, 2.75) is 32.7 Å². The molecule has 3 heterocycles. The SMILES string of the molecule is CN=C(NCC(C)CN1CCOCC1)NC1CCN(c2cccc(C)n2)CC1. The second-order valence-corrected chi connectivity index (χ2v) is 8.01. The van der Waals surface area contributed by atoms with Crippen molar-refractivity contribution >= 4 is 11.8 Å². The van der Waals surface area contributed by atoms with Gasteiger partial charge < -0.3 is 20.3 Å². The molecule has 1 atom stereocenters. The molecule has 2 N–H and O–H groups in total. The van der Waals surface area contributed by atoms with E-state index in [1.54, 1.807) is 0 Å². The predicted molar refractivity (Wildman–Crippen MR) is 115 cm³/mol. The summed E-state index contributed by atoms with van der Waals surface area (Å²) in [5.41, 5.74) is 1.08. The Morgan fingerprint density at radius 3 is 2.68 bits per heavy atom. The molecule has 156 valence electrons. The van der Waals surface area contributed by atoms with Crippen LogP contribution in [0.3, 0.4) is 0 Å². The first kappa shape index (κ1) is 20.9. The van der Waals surface area contributed by atoms with E-state index in [0.717, 1.165) is 82.8 Å². The summed E-state index contributed by atoms with van der Waals surface area (Å²) in [6, 6.07) is 6.71. The van der Waals surface area contributed by atoms with Crippen molar-refractivity contribution in [2.24, 2.45) is 10.9 Å². The summed E-state index contributed by atoms with van der Waals surface area (Å²) in [5, 5.41) is 7.12. The van der Waals surface area contributed by atoms with Gasteiger partial charge in [-0.2, -0.15) is 0 Å². The van der Waals surface area contributed by atoms with Crippen molar-refractivity contribution in [3.05, 3.63) is 23.9 Å². The average Bonchev–Trinajstić information content (AvgIpc) is 2.72. The average molecular weight is 389 g/mol. The Hall–Kier alpha value is -1.86. The fourth-order valence-electron chi connectivity index (χ4n) is 3.91. The Morgan fingerprint density at radius 1 is 1.25 bits per heavy atom. The topological polar surface area (TPSA) is 65.0 Å². The molecule has 2 aliphatic heterocycles. The number of aromatic nitrogens is 1. The molecule has 3 rings (SSSR count). The number of aliphatic imine (C=N–C) groups is 1. The number of ether oxygens (including phenoxy) is 1. The van der Waals surface area contributed by atoms with Crippen LogP contribution in [0.15, 0.2) is 23.2 Å². The standard InChI is InChI=1S/C21H36N6O/c1-17(16-26-11-13-28-14-12-26)15-23-21(22-3)25-19-7-9-27(10-8-19)20-6-4-5-18(2)24-20/h4-6,17,19H,7-16H2,1-3H3,(H2,22,23,25).